The van der Waals surface area contributed by atoms with Gasteiger partial charge in [-0.1, -0.05) is 29.3 Å². The minimum absolute atomic E-state index is 0.0547. The van der Waals surface area contributed by atoms with Gasteiger partial charge in [0.2, 0.25) is 5.89 Å². The van der Waals surface area contributed by atoms with Crippen molar-refractivity contribution in [2.45, 2.75) is 43.7 Å². The smallest absolute Gasteiger partial charge is 0.258 e. The van der Waals surface area contributed by atoms with Gasteiger partial charge < -0.3 is 19.2 Å². The van der Waals surface area contributed by atoms with Gasteiger partial charge in [0.25, 0.3) is 11.8 Å². The number of aromatic nitrogens is 2. The van der Waals surface area contributed by atoms with Crippen molar-refractivity contribution < 1.29 is 18.7 Å². The summed E-state index contributed by atoms with van der Waals surface area (Å²) in [5.74, 6) is 2.12. The van der Waals surface area contributed by atoms with Gasteiger partial charge in [0.1, 0.15) is 11.5 Å². The molecule has 3 saturated carbocycles. The SMILES string of the molecule is Cc1ccc(OCC(=O)NC23CC(c4nnc(COc5ccc(Cl)cc5)o4)(C2)C3)cc1Cl. The van der Waals surface area contributed by atoms with E-state index in [-0.39, 0.29) is 30.1 Å². The van der Waals surface area contributed by atoms with Crippen LogP contribution < -0.4 is 14.8 Å². The highest BCUT2D eigenvalue weighted by Gasteiger charge is 2.71. The summed E-state index contributed by atoms with van der Waals surface area (Å²) in [6.45, 7) is 2.05. The molecule has 0 radical (unpaired) electrons. The highest BCUT2D eigenvalue weighted by atomic mass is 35.5. The number of nitrogens with zero attached hydrogens (tertiary/aromatic N) is 2. The van der Waals surface area contributed by atoms with Crippen LogP contribution in [0.1, 0.15) is 36.6 Å². The average Bonchev–Trinajstić information content (AvgIpc) is 3.19. The first-order chi connectivity index (χ1) is 15.3. The molecule has 7 nitrogen and oxygen atoms in total. The van der Waals surface area contributed by atoms with Crippen molar-refractivity contribution in [3.63, 3.8) is 0 Å². The maximum atomic E-state index is 12.3. The van der Waals surface area contributed by atoms with Crippen LogP contribution in [0.15, 0.2) is 46.9 Å². The number of carbonyl (C=O) groups excluding carboxylic acids is 1. The first-order valence-corrected chi connectivity index (χ1v) is 11.0. The molecule has 1 amide bonds. The minimum Gasteiger partial charge on any atom is -0.484 e. The van der Waals surface area contributed by atoms with E-state index >= 15 is 0 Å². The van der Waals surface area contributed by atoms with Crippen LogP contribution >= 0.6 is 23.2 Å². The lowest BCUT2D eigenvalue weighted by Gasteiger charge is -2.68. The quantitative estimate of drug-likeness (QED) is 0.512. The second kappa shape index (κ2) is 7.98. The molecule has 166 valence electrons. The highest BCUT2D eigenvalue weighted by molar-refractivity contribution is 6.31. The van der Waals surface area contributed by atoms with Gasteiger partial charge in [-0.3, -0.25) is 4.79 Å². The first kappa shape index (κ1) is 21.1. The standard InChI is InChI=1S/C23H21Cl2N3O4/c1-14-2-5-17(8-18(14)25)30-9-19(29)26-23-11-22(12-23,13-23)21-28-27-20(32-21)10-31-16-6-3-15(24)4-7-16/h2-8H,9-13H2,1H3,(H,26,29). The molecule has 32 heavy (non-hydrogen) atoms. The monoisotopic (exact) mass is 473 g/mol. The molecular formula is C23H21Cl2N3O4. The molecule has 9 heteroatoms. The molecule has 3 fully saturated rings. The largest absolute Gasteiger partial charge is 0.484 e. The molecule has 6 rings (SSSR count). The number of halogens is 2. The normalized spacial score (nSPS) is 23.1. The Kier molecular flexibility index (Phi) is 5.26. The fourth-order valence-corrected chi connectivity index (χ4v) is 4.79. The predicted octanol–water partition coefficient (Wildman–Crippen LogP) is 4.63. The Morgan fingerprint density at radius 2 is 1.78 bits per heavy atom. The molecular weight excluding hydrogens is 453 g/mol. The van der Waals surface area contributed by atoms with Gasteiger partial charge in [0.15, 0.2) is 13.2 Å². The van der Waals surface area contributed by atoms with Crippen molar-refractivity contribution in [2.24, 2.45) is 0 Å². The van der Waals surface area contributed by atoms with Crippen molar-refractivity contribution in [1.29, 1.82) is 0 Å². The molecule has 1 heterocycles. The van der Waals surface area contributed by atoms with Crippen LogP contribution in [-0.4, -0.2) is 28.3 Å². The van der Waals surface area contributed by atoms with Gasteiger partial charge in [0, 0.05) is 15.6 Å². The first-order valence-electron chi connectivity index (χ1n) is 10.3. The summed E-state index contributed by atoms with van der Waals surface area (Å²) in [5, 5.41) is 12.6. The Hall–Kier alpha value is -2.77. The maximum absolute atomic E-state index is 12.3. The van der Waals surface area contributed by atoms with Crippen molar-refractivity contribution in [3.05, 3.63) is 69.9 Å². The lowest BCUT2D eigenvalue weighted by molar-refractivity contribution is -0.143. The van der Waals surface area contributed by atoms with Crippen LogP contribution in [0, 0.1) is 6.92 Å². The molecule has 2 bridgehead atoms. The van der Waals surface area contributed by atoms with E-state index in [1.807, 2.05) is 13.0 Å². The molecule has 0 saturated heterocycles. The van der Waals surface area contributed by atoms with Crippen molar-refractivity contribution in [2.75, 3.05) is 6.61 Å². The van der Waals surface area contributed by atoms with E-state index in [1.54, 1.807) is 36.4 Å². The summed E-state index contributed by atoms with van der Waals surface area (Å²) in [6, 6.07) is 12.5. The Balaban J connectivity index is 1.09. The molecule has 0 atom stereocenters. The summed E-state index contributed by atoms with van der Waals surface area (Å²) < 4.78 is 17.0. The Labute approximate surface area is 195 Å². The van der Waals surface area contributed by atoms with E-state index in [0.29, 0.717) is 33.3 Å². The molecule has 0 unspecified atom stereocenters. The Morgan fingerprint density at radius 1 is 1.06 bits per heavy atom. The molecule has 1 aromatic heterocycles. The number of rotatable bonds is 8. The van der Waals surface area contributed by atoms with Gasteiger partial charge in [0.05, 0.1) is 5.41 Å². The van der Waals surface area contributed by atoms with Crippen LogP contribution in [0.25, 0.3) is 0 Å². The molecule has 3 aliphatic rings. The van der Waals surface area contributed by atoms with Crippen molar-refractivity contribution >= 4 is 29.1 Å². The zero-order chi connectivity index (χ0) is 22.3. The van der Waals surface area contributed by atoms with E-state index in [9.17, 15) is 4.79 Å². The topological polar surface area (TPSA) is 86.5 Å². The highest BCUT2D eigenvalue weighted by Crippen LogP contribution is 2.67. The van der Waals surface area contributed by atoms with Crippen molar-refractivity contribution in [1.82, 2.24) is 15.5 Å². The molecule has 0 spiro atoms. The predicted molar refractivity (Wildman–Crippen MR) is 118 cm³/mol. The third kappa shape index (κ3) is 4.02. The second-order valence-electron chi connectivity index (χ2n) is 8.58. The molecule has 1 N–H and O–H groups in total. The summed E-state index contributed by atoms with van der Waals surface area (Å²) in [4.78, 5) is 12.3. The van der Waals surface area contributed by atoms with Crippen LogP contribution in [0.3, 0.4) is 0 Å². The average molecular weight is 474 g/mol. The fourth-order valence-electron chi connectivity index (χ4n) is 4.49. The summed E-state index contributed by atoms with van der Waals surface area (Å²) in [5.41, 5.74) is 0.604. The maximum Gasteiger partial charge on any atom is 0.258 e. The van der Waals surface area contributed by atoms with Crippen LogP contribution in [-0.2, 0) is 16.8 Å². The molecule has 3 aromatic rings. The number of nitrogens with one attached hydrogen (secondary N) is 1. The minimum atomic E-state index is -0.209. The van der Waals surface area contributed by atoms with E-state index in [0.717, 1.165) is 24.8 Å². The number of aryl methyl sites for hydroxylation is 1. The third-order valence-electron chi connectivity index (χ3n) is 6.04. The number of hydrogen-bond donors (Lipinski definition) is 1. The third-order valence-corrected chi connectivity index (χ3v) is 6.70. The number of carbonyl (C=O) groups is 1. The zero-order valence-electron chi connectivity index (χ0n) is 17.4. The van der Waals surface area contributed by atoms with Gasteiger partial charge in [-0.15, -0.1) is 10.2 Å². The Bertz CT molecular complexity index is 1140. The van der Waals surface area contributed by atoms with Gasteiger partial charge in [-0.05, 0) is 68.1 Å². The van der Waals surface area contributed by atoms with E-state index in [2.05, 4.69) is 15.5 Å². The van der Waals surface area contributed by atoms with Crippen LogP contribution in [0.2, 0.25) is 10.0 Å². The molecule has 2 aromatic carbocycles. The molecule has 3 aliphatic carbocycles. The zero-order valence-corrected chi connectivity index (χ0v) is 18.9. The summed E-state index contributed by atoms with van der Waals surface area (Å²) >= 11 is 12.0. The van der Waals surface area contributed by atoms with E-state index in [4.69, 9.17) is 37.1 Å². The number of ether oxygens (including phenoxy) is 2. The van der Waals surface area contributed by atoms with Crippen molar-refractivity contribution in [3.8, 4) is 11.5 Å². The lowest BCUT2D eigenvalue weighted by atomic mass is 9.39. The van der Waals surface area contributed by atoms with Gasteiger partial charge in [-0.2, -0.15) is 0 Å². The number of hydrogen-bond acceptors (Lipinski definition) is 6. The number of benzene rings is 2. The van der Waals surface area contributed by atoms with E-state index < -0.39 is 0 Å². The Morgan fingerprint density at radius 3 is 2.50 bits per heavy atom. The fraction of sp³-hybridized carbons (Fsp3) is 0.348. The van der Waals surface area contributed by atoms with Gasteiger partial charge >= 0.3 is 0 Å². The number of amides is 1. The van der Waals surface area contributed by atoms with E-state index in [1.165, 1.54) is 0 Å². The summed E-state index contributed by atoms with van der Waals surface area (Å²) in [6.07, 6.45) is 2.34. The van der Waals surface area contributed by atoms with Crippen LogP contribution in [0.5, 0.6) is 11.5 Å². The van der Waals surface area contributed by atoms with Gasteiger partial charge in [-0.25, -0.2) is 0 Å². The second-order valence-corrected chi connectivity index (χ2v) is 9.43. The lowest BCUT2D eigenvalue weighted by Crippen LogP contribution is -2.77. The van der Waals surface area contributed by atoms with Crippen LogP contribution in [0.4, 0.5) is 0 Å². The summed E-state index contributed by atoms with van der Waals surface area (Å²) in [7, 11) is 0. The molecule has 0 aliphatic heterocycles.